The highest BCUT2D eigenvalue weighted by Crippen LogP contribution is 2.27. The van der Waals surface area contributed by atoms with Crippen molar-refractivity contribution in [2.45, 2.75) is 63.5 Å². The summed E-state index contributed by atoms with van der Waals surface area (Å²) in [4.78, 5) is 0.285. The number of benzene rings is 1. The van der Waals surface area contributed by atoms with E-state index in [4.69, 9.17) is 10.5 Å². The van der Waals surface area contributed by atoms with Gasteiger partial charge in [-0.15, -0.1) is 12.4 Å². The van der Waals surface area contributed by atoms with E-state index in [-0.39, 0.29) is 35.4 Å². The number of nitrogens with two attached hydrogens (primary N) is 1. The first-order chi connectivity index (χ1) is 10.8. The lowest BCUT2D eigenvalue weighted by atomic mass is 9.85. The van der Waals surface area contributed by atoms with E-state index in [2.05, 4.69) is 4.72 Å². The van der Waals surface area contributed by atoms with E-state index in [1.807, 2.05) is 20.8 Å². The lowest BCUT2D eigenvalue weighted by molar-refractivity contribution is 0.240. The van der Waals surface area contributed by atoms with E-state index in [1.54, 1.807) is 18.2 Å². The second kappa shape index (κ2) is 9.04. The van der Waals surface area contributed by atoms with Gasteiger partial charge in [0.05, 0.1) is 11.0 Å². The zero-order valence-electron chi connectivity index (χ0n) is 14.6. The Morgan fingerprint density at radius 2 is 1.96 bits per heavy atom. The van der Waals surface area contributed by atoms with Crippen LogP contribution in [0.25, 0.3) is 0 Å². The van der Waals surface area contributed by atoms with Gasteiger partial charge in [-0.2, -0.15) is 0 Å². The normalized spacial score (nSPS) is 21.4. The van der Waals surface area contributed by atoms with Crippen LogP contribution in [0.2, 0.25) is 0 Å². The largest absolute Gasteiger partial charge is 0.491 e. The van der Waals surface area contributed by atoms with E-state index in [1.165, 1.54) is 0 Å². The number of ether oxygens (including phenoxy) is 1. The van der Waals surface area contributed by atoms with Gasteiger partial charge in [0.2, 0.25) is 10.0 Å². The summed E-state index contributed by atoms with van der Waals surface area (Å²) in [5.41, 5.74) is 6.61. The van der Waals surface area contributed by atoms with Crippen LogP contribution in [-0.4, -0.2) is 27.1 Å². The van der Waals surface area contributed by atoms with Crippen LogP contribution in [0.4, 0.5) is 0 Å². The Kier molecular flexibility index (Phi) is 7.99. The van der Waals surface area contributed by atoms with Gasteiger partial charge in [0, 0.05) is 6.04 Å². The summed E-state index contributed by atoms with van der Waals surface area (Å²) in [7, 11) is -3.53. The molecule has 24 heavy (non-hydrogen) atoms. The molecule has 1 fully saturated rings. The molecule has 1 aromatic carbocycles. The standard InChI is InChI=1S/C17H28N2O3S.ClH/c1-12(2)22-17-9-8-15(10-13(17)3)23(20,21)19-16-7-5-4-6-14(16)11-18;/h8-10,12,14,16,19H,4-7,11,18H2,1-3H3;1H. The number of hydrogen-bond acceptors (Lipinski definition) is 4. The van der Waals surface area contributed by atoms with Crippen molar-refractivity contribution in [3.8, 4) is 5.75 Å². The Hall–Kier alpha value is -0.820. The zero-order chi connectivity index (χ0) is 17.0. The summed E-state index contributed by atoms with van der Waals surface area (Å²) in [6.07, 6.45) is 4.07. The molecule has 2 rings (SSSR count). The van der Waals surface area contributed by atoms with Crippen LogP contribution >= 0.6 is 12.4 Å². The van der Waals surface area contributed by atoms with Gasteiger partial charge >= 0.3 is 0 Å². The highest BCUT2D eigenvalue weighted by Gasteiger charge is 2.28. The van der Waals surface area contributed by atoms with E-state index < -0.39 is 10.0 Å². The van der Waals surface area contributed by atoms with Gasteiger partial charge in [-0.25, -0.2) is 13.1 Å². The summed E-state index contributed by atoms with van der Waals surface area (Å²) in [6, 6.07) is 4.93. The minimum atomic E-state index is -3.53. The molecule has 2 unspecified atom stereocenters. The maximum absolute atomic E-state index is 12.7. The first kappa shape index (κ1) is 21.2. The minimum Gasteiger partial charge on any atom is -0.491 e. The van der Waals surface area contributed by atoms with Crippen molar-refractivity contribution in [2.24, 2.45) is 11.7 Å². The average Bonchev–Trinajstić information content (AvgIpc) is 2.49. The highest BCUT2D eigenvalue weighted by molar-refractivity contribution is 7.89. The SMILES string of the molecule is Cc1cc(S(=O)(=O)NC2CCCCC2CN)ccc1OC(C)C.Cl. The van der Waals surface area contributed by atoms with Crippen LogP contribution in [0.5, 0.6) is 5.75 Å². The Balaban J connectivity index is 0.00000288. The molecule has 2 atom stereocenters. The molecule has 1 aliphatic rings. The number of hydrogen-bond donors (Lipinski definition) is 2. The number of nitrogens with one attached hydrogen (secondary N) is 1. The molecule has 0 saturated heterocycles. The van der Waals surface area contributed by atoms with Crippen LogP contribution < -0.4 is 15.2 Å². The first-order valence-electron chi connectivity index (χ1n) is 8.33. The topological polar surface area (TPSA) is 81.4 Å². The van der Waals surface area contributed by atoms with Crippen LogP contribution in [0, 0.1) is 12.8 Å². The average molecular weight is 377 g/mol. The number of halogens is 1. The fourth-order valence-corrected chi connectivity index (χ4v) is 4.51. The molecule has 1 aromatic rings. The number of rotatable bonds is 6. The molecule has 138 valence electrons. The second-order valence-corrected chi connectivity index (χ2v) is 8.32. The molecule has 1 aliphatic carbocycles. The molecule has 0 spiro atoms. The molecule has 0 aliphatic heterocycles. The highest BCUT2D eigenvalue weighted by atomic mass is 35.5. The van der Waals surface area contributed by atoms with E-state index in [0.717, 1.165) is 37.0 Å². The van der Waals surface area contributed by atoms with Crippen molar-refractivity contribution in [2.75, 3.05) is 6.54 Å². The maximum atomic E-state index is 12.7. The van der Waals surface area contributed by atoms with Crippen molar-refractivity contribution in [3.05, 3.63) is 23.8 Å². The molecule has 5 nitrogen and oxygen atoms in total. The Morgan fingerprint density at radius 3 is 2.54 bits per heavy atom. The molecular formula is C17H29ClN2O3S. The number of sulfonamides is 1. The molecule has 0 radical (unpaired) electrons. The molecule has 1 saturated carbocycles. The molecule has 3 N–H and O–H groups in total. The summed E-state index contributed by atoms with van der Waals surface area (Å²) in [6.45, 7) is 6.27. The first-order valence-corrected chi connectivity index (χ1v) is 9.81. The van der Waals surface area contributed by atoms with Crippen molar-refractivity contribution in [3.63, 3.8) is 0 Å². The van der Waals surface area contributed by atoms with Crippen molar-refractivity contribution in [1.29, 1.82) is 0 Å². The lowest BCUT2D eigenvalue weighted by Crippen LogP contribution is -2.44. The third kappa shape index (κ3) is 5.34. The minimum absolute atomic E-state index is 0. The Bertz CT molecular complexity index is 635. The Morgan fingerprint density at radius 1 is 1.29 bits per heavy atom. The van der Waals surface area contributed by atoms with Gasteiger partial charge in [-0.05, 0) is 69.8 Å². The molecule has 0 aromatic heterocycles. The van der Waals surface area contributed by atoms with E-state index in [0.29, 0.717) is 6.54 Å². The molecule has 7 heteroatoms. The summed E-state index contributed by atoms with van der Waals surface area (Å²) in [5.74, 6) is 0.944. The van der Waals surface area contributed by atoms with Gasteiger partial charge in [-0.3, -0.25) is 0 Å². The third-order valence-corrected chi connectivity index (χ3v) is 5.83. The second-order valence-electron chi connectivity index (χ2n) is 6.60. The maximum Gasteiger partial charge on any atom is 0.240 e. The third-order valence-electron chi connectivity index (χ3n) is 4.34. The molecule has 0 bridgehead atoms. The smallest absolute Gasteiger partial charge is 0.240 e. The predicted octanol–water partition coefficient (Wildman–Crippen LogP) is 3.00. The summed E-state index contributed by atoms with van der Waals surface area (Å²) in [5, 5.41) is 0. The summed E-state index contributed by atoms with van der Waals surface area (Å²) < 4.78 is 33.8. The van der Waals surface area contributed by atoms with Crippen LogP contribution in [-0.2, 0) is 10.0 Å². The molecule has 0 amide bonds. The summed E-state index contributed by atoms with van der Waals surface area (Å²) >= 11 is 0. The molecule has 0 heterocycles. The quantitative estimate of drug-likeness (QED) is 0.799. The van der Waals surface area contributed by atoms with E-state index in [9.17, 15) is 8.42 Å². The van der Waals surface area contributed by atoms with Crippen molar-refractivity contribution < 1.29 is 13.2 Å². The van der Waals surface area contributed by atoms with Crippen LogP contribution in [0.3, 0.4) is 0 Å². The lowest BCUT2D eigenvalue weighted by Gasteiger charge is -2.31. The van der Waals surface area contributed by atoms with Crippen LogP contribution in [0.15, 0.2) is 23.1 Å². The Labute approximate surface area is 151 Å². The zero-order valence-corrected chi connectivity index (χ0v) is 16.3. The van der Waals surface area contributed by atoms with E-state index >= 15 is 0 Å². The predicted molar refractivity (Wildman–Crippen MR) is 99.3 cm³/mol. The van der Waals surface area contributed by atoms with Gasteiger partial charge in [-0.1, -0.05) is 12.8 Å². The molecular weight excluding hydrogens is 348 g/mol. The van der Waals surface area contributed by atoms with Crippen molar-refractivity contribution >= 4 is 22.4 Å². The van der Waals surface area contributed by atoms with Crippen molar-refractivity contribution in [1.82, 2.24) is 4.72 Å². The van der Waals surface area contributed by atoms with Gasteiger partial charge in [0.15, 0.2) is 0 Å². The fraction of sp³-hybridized carbons (Fsp3) is 0.647. The van der Waals surface area contributed by atoms with Gasteiger partial charge in [0.25, 0.3) is 0 Å². The fourth-order valence-electron chi connectivity index (χ4n) is 3.09. The number of aryl methyl sites for hydroxylation is 1. The monoisotopic (exact) mass is 376 g/mol. The van der Waals surface area contributed by atoms with Gasteiger partial charge < -0.3 is 10.5 Å². The van der Waals surface area contributed by atoms with Gasteiger partial charge in [0.1, 0.15) is 5.75 Å². The van der Waals surface area contributed by atoms with Crippen LogP contribution in [0.1, 0.15) is 45.1 Å².